The molecule has 0 spiro atoms. The van der Waals surface area contributed by atoms with Gasteiger partial charge in [0, 0.05) is 32.3 Å². The zero-order valence-corrected chi connectivity index (χ0v) is 22.0. The molecule has 2 heterocycles. The van der Waals surface area contributed by atoms with Crippen molar-refractivity contribution >= 4 is 45.0 Å². The molecule has 4 aromatic rings. The van der Waals surface area contributed by atoms with Crippen LogP contribution in [-0.2, 0) is 39.0 Å². The zero-order chi connectivity index (χ0) is 26.1. The summed E-state index contributed by atoms with van der Waals surface area (Å²) in [4.78, 5) is 24.6. The minimum Gasteiger partial charge on any atom is -0.466 e. The maximum atomic E-state index is 11.2. The van der Waals surface area contributed by atoms with E-state index < -0.39 is 0 Å². The maximum absolute atomic E-state index is 11.2. The highest BCUT2D eigenvalue weighted by Crippen LogP contribution is 2.47. The second-order valence-corrected chi connectivity index (χ2v) is 9.76. The van der Waals surface area contributed by atoms with Crippen LogP contribution in [0.2, 0.25) is 0 Å². The third-order valence-corrected chi connectivity index (χ3v) is 7.17. The average molecular weight is 498 g/mol. The van der Waals surface area contributed by atoms with Gasteiger partial charge >= 0.3 is 11.9 Å². The van der Waals surface area contributed by atoms with Gasteiger partial charge in [-0.3, -0.25) is 9.59 Å². The number of ether oxygens (including phenoxy) is 2. The smallest absolute Gasteiger partial charge is 0.302 e. The number of rotatable bonds is 8. The maximum Gasteiger partial charge on any atom is 0.302 e. The monoisotopic (exact) mass is 497 g/mol. The molecule has 190 valence electrons. The molecule has 1 aliphatic heterocycles. The van der Waals surface area contributed by atoms with Crippen molar-refractivity contribution in [1.29, 1.82) is 0 Å². The molecule has 0 bridgehead atoms. The molecule has 0 atom stereocenters. The first-order valence-corrected chi connectivity index (χ1v) is 12.9. The molecular formula is C31H33N2O4+. The number of para-hydroxylation sites is 1. The molecule has 0 fully saturated rings. The Balaban J connectivity index is 1.66. The minimum absolute atomic E-state index is 0.239. The van der Waals surface area contributed by atoms with E-state index in [9.17, 15) is 9.59 Å². The standard InChI is InChI=1S/C31H33N2O4/c1-20(34)36-15-7-9-22-13-14-28-25(17-22)26-18-23(10-8-16-37-21(2)35)19-29-30(26)31(33(28)4)24-11-5-6-12-27(24)32(29)3/h5-6,11-14,17-19H,7-10,15-16H2,1-4H3/q+1. The number of nitrogens with zero attached hydrogens (tertiary/aromatic N) is 2. The van der Waals surface area contributed by atoms with Crippen LogP contribution in [0.25, 0.3) is 32.9 Å². The molecule has 0 saturated carbocycles. The predicted octanol–water partition coefficient (Wildman–Crippen LogP) is 5.56. The Morgan fingerprint density at radius 3 is 2.16 bits per heavy atom. The minimum atomic E-state index is -0.241. The predicted molar refractivity (Wildman–Crippen MR) is 146 cm³/mol. The van der Waals surface area contributed by atoms with Crippen LogP contribution < -0.4 is 9.47 Å². The fourth-order valence-corrected chi connectivity index (χ4v) is 5.49. The van der Waals surface area contributed by atoms with Gasteiger partial charge in [0.05, 0.1) is 40.9 Å². The third kappa shape index (κ3) is 4.76. The van der Waals surface area contributed by atoms with E-state index in [1.54, 1.807) is 0 Å². The summed E-state index contributed by atoms with van der Waals surface area (Å²) >= 11 is 0. The molecule has 0 aliphatic carbocycles. The first kappa shape index (κ1) is 24.8. The number of hydrogen-bond acceptors (Lipinski definition) is 5. The normalized spacial score (nSPS) is 12.1. The Bertz CT molecular complexity index is 1530. The van der Waals surface area contributed by atoms with Gasteiger partial charge in [0.1, 0.15) is 7.05 Å². The summed E-state index contributed by atoms with van der Waals surface area (Å²) < 4.78 is 12.6. The van der Waals surface area contributed by atoms with Crippen molar-refractivity contribution in [2.75, 3.05) is 25.2 Å². The van der Waals surface area contributed by atoms with E-state index in [0.29, 0.717) is 13.2 Å². The van der Waals surface area contributed by atoms with Crippen molar-refractivity contribution in [3.63, 3.8) is 0 Å². The molecule has 0 radical (unpaired) electrons. The van der Waals surface area contributed by atoms with Crippen molar-refractivity contribution in [3.05, 3.63) is 65.7 Å². The lowest BCUT2D eigenvalue weighted by Gasteiger charge is -2.29. The van der Waals surface area contributed by atoms with Gasteiger partial charge in [0.2, 0.25) is 11.2 Å². The number of hydrogen-bond donors (Lipinski definition) is 0. The fraction of sp³-hybridized carbons (Fsp3) is 0.323. The Labute approximate surface area is 217 Å². The summed E-state index contributed by atoms with van der Waals surface area (Å²) in [5, 5.41) is 3.69. The first-order chi connectivity index (χ1) is 17.8. The Morgan fingerprint density at radius 1 is 0.811 bits per heavy atom. The average Bonchev–Trinajstić information content (AvgIpc) is 2.88. The number of aromatic nitrogens is 1. The summed E-state index contributed by atoms with van der Waals surface area (Å²) in [5.74, 6) is -0.481. The molecule has 3 aromatic carbocycles. The fourth-order valence-electron chi connectivity index (χ4n) is 5.49. The number of benzene rings is 3. The van der Waals surface area contributed by atoms with Crippen LogP contribution in [0.3, 0.4) is 0 Å². The molecule has 0 N–H and O–H groups in total. The van der Waals surface area contributed by atoms with Crippen LogP contribution in [0.15, 0.2) is 54.6 Å². The number of pyridine rings is 1. The number of aryl methyl sites for hydroxylation is 3. The summed E-state index contributed by atoms with van der Waals surface area (Å²) in [6.45, 7) is 3.74. The zero-order valence-electron chi connectivity index (χ0n) is 22.0. The lowest BCUT2D eigenvalue weighted by Crippen LogP contribution is -2.34. The van der Waals surface area contributed by atoms with Gasteiger partial charge in [0.15, 0.2) is 0 Å². The second kappa shape index (κ2) is 10.2. The molecule has 0 saturated heterocycles. The quantitative estimate of drug-likeness (QED) is 0.138. The van der Waals surface area contributed by atoms with Gasteiger partial charge in [-0.25, -0.2) is 0 Å². The highest BCUT2D eigenvalue weighted by Gasteiger charge is 2.31. The van der Waals surface area contributed by atoms with Gasteiger partial charge in [0.25, 0.3) is 0 Å². The molecule has 1 aromatic heterocycles. The largest absolute Gasteiger partial charge is 0.466 e. The van der Waals surface area contributed by atoms with E-state index in [4.69, 9.17) is 9.47 Å². The second-order valence-electron chi connectivity index (χ2n) is 9.76. The summed E-state index contributed by atoms with van der Waals surface area (Å²) in [7, 11) is 4.28. The molecule has 37 heavy (non-hydrogen) atoms. The Hall–Kier alpha value is -3.93. The van der Waals surface area contributed by atoms with Crippen LogP contribution in [-0.4, -0.2) is 32.2 Å². The van der Waals surface area contributed by atoms with Crippen LogP contribution in [0.1, 0.15) is 37.8 Å². The van der Waals surface area contributed by atoms with Crippen LogP contribution in [0, 0.1) is 0 Å². The topological polar surface area (TPSA) is 59.7 Å². The van der Waals surface area contributed by atoms with Gasteiger partial charge < -0.3 is 14.4 Å². The molecule has 1 aliphatic rings. The highest BCUT2D eigenvalue weighted by atomic mass is 16.5. The van der Waals surface area contributed by atoms with Crippen molar-refractivity contribution in [2.45, 2.75) is 39.5 Å². The van der Waals surface area contributed by atoms with Gasteiger partial charge in [-0.05, 0) is 67.1 Å². The molecule has 6 heteroatoms. The molecule has 5 rings (SSSR count). The van der Waals surface area contributed by atoms with Crippen molar-refractivity contribution in [3.8, 4) is 11.3 Å². The van der Waals surface area contributed by atoms with Crippen molar-refractivity contribution in [2.24, 2.45) is 7.05 Å². The number of carbonyl (C=O) groups is 2. The molecule has 0 amide bonds. The van der Waals surface area contributed by atoms with Gasteiger partial charge in [-0.15, -0.1) is 0 Å². The van der Waals surface area contributed by atoms with Gasteiger partial charge in [-0.1, -0.05) is 18.2 Å². The van der Waals surface area contributed by atoms with E-state index in [2.05, 4.69) is 78.2 Å². The summed E-state index contributed by atoms with van der Waals surface area (Å²) in [6.07, 6.45) is 3.23. The van der Waals surface area contributed by atoms with E-state index >= 15 is 0 Å². The Morgan fingerprint density at radius 2 is 1.46 bits per heavy atom. The Kier molecular flexibility index (Phi) is 6.83. The number of carbonyl (C=O) groups excluding carboxylic acids is 2. The molecule has 6 nitrogen and oxygen atoms in total. The van der Waals surface area contributed by atoms with Crippen molar-refractivity contribution in [1.82, 2.24) is 0 Å². The van der Waals surface area contributed by atoms with E-state index in [1.165, 1.54) is 69.3 Å². The van der Waals surface area contributed by atoms with E-state index in [-0.39, 0.29) is 11.9 Å². The highest BCUT2D eigenvalue weighted by molar-refractivity contribution is 6.17. The van der Waals surface area contributed by atoms with Crippen molar-refractivity contribution < 1.29 is 23.6 Å². The summed E-state index contributed by atoms with van der Waals surface area (Å²) in [6, 6.07) is 19.8. The lowest BCUT2D eigenvalue weighted by atomic mass is 9.90. The number of anilines is 2. The first-order valence-electron chi connectivity index (χ1n) is 12.9. The van der Waals surface area contributed by atoms with Gasteiger partial charge in [-0.2, -0.15) is 4.57 Å². The van der Waals surface area contributed by atoms with E-state index in [1.807, 2.05) is 0 Å². The number of esters is 2. The third-order valence-electron chi connectivity index (χ3n) is 7.17. The molecular weight excluding hydrogens is 464 g/mol. The number of fused-ring (bicyclic) bond motifs is 4. The van der Waals surface area contributed by atoms with Crippen LogP contribution in [0.5, 0.6) is 0 Å². The lowest BCUT2D eigenvalue weighted by molar-refractivity contribution is -0.632. The van der Waals surface area contributed by atoms with Crippen LogP contribution >= 0.6 is 0 Å². The van der Waals surface area contributed by atoms with Crippen LogP contribution in [0.4, 0.5) is 11.4 Å². The summed E-state index contributed by atoms with van der Waals surface area (Å²) in [5.41, 5.74) is 8.44. The molecule has 0 unspecified atom stereocenters. The SMILES string of the molecule is CC(=O)OCCCc1cc2c3c([n+](C)c4ccc(CCCOC(C)=O)cc4c3c1)-c1ccccc1N2C. The van der Waals surface area contributed by atoms with E-state index in [0.717, 1.165) is 25.7 Å².